The van der Waals surface area contributed by atoms with Gasteiger partial charge in [-0.2, -0.15) is 0 Å². The van der Waals surface area contributed by atoms with E-state index in [4.69, 9.17) is 9.84 Å². The molecule has 1 aromatic carbocycles. The molecule has 0 spiro atoms. The smallest absolute Gasteiger partial charge is 0.127 e. The van der Waals surface area contributed by atoms with E-state index in [9.17, 15) is 4.39 Å². The number of hydrogen-bond donors (Lipinski definition) is 1. The van der Waals surface area contributed by atoms with Crippen molar-refractivity contribution in [3.63, 3.8) is 0 Å². The van der Waals surface area contributed by atoms with E-state index in [1.54, 1.807) is 19.1 Å². The Labute approximate surface area is 83.3 Å². The van der Waals surface area contributed by atoms with Crippen LogP contribution in [0.3, 0.4) is 0 Å². The topological polar surface area (TPSA) is 29.5 Å². The van der Waals surface area contributed by atoms with Crippen LogP contribution in [0.15, 0.2) is 18.2 Å². The maximum absolute atomic E-state index is 13.3. The molecular weight excluding hydrogens is 183 g/mol. The van der Waals surface area contributed by atoms with Gasteiger partial charge < -0.3 is 9.84 Å². The molecule has 0 radical (unpaired) electrons. The highest BCUT2D eigenvalue weighted by molar-refractivity contribution is 5.32. The maximum atomic E-state index is 13.3. The Balaban J connectivity index is 2.95. The van der Waals surface area contributed by atoms with Crippen LogP contribution in [0.25, 0.3) is 0 Å². The van der Waals surface area contributed by atoms with E-state index in [0.717, 1.165) is 0 Å². The summed E-state index contributed by atoms with van der Waals surface area (Å²) in [5.74, 6) is 0.148. The predicted molar refractivity (Wildman–Crippen MR) is 53.1 cm³/mol. The van der Waals surface area contributed by atoms with Gasteiger partial charge in [0.1, 0.15) is 11.6 Å². The fourth-order valence-electron chi connectivity index (χ4n) is 1.25. The average Bonchev–Trinajstić information content (AvgIpc) is 2.20. The van der Waals surface area contributed by atoms with Gasteiger partial charge in [0.15, 0.2) is 0 Å². The first-order valence-electron chi connectivity index (χ1n) is 4.72. The monoisotopic (exact) mass is 198 g/mol. The number of ether oxygens (including phenoxy) is 1. The van der Waals surface area contributed by atoms with E-state index in [2.05, 4.69) is 0 Å². The van der Waals surface area contributed by atoms with Gasteiger partial charge in [-0.05, 0) is 30.7 Å². The summed E-state index contributed by atoms with van der Waals surface area (Å²) in [6.45, 7) is 4.14. The summed E-state index contributed by atoms with van der Waals surface area (Å²) in [7, 11) is 0. The van der Waals surface area contributed by atoms with E-state index in [0.29, 0.717) is 17.9 Å². The van der Waals surface area contributed by atoms with Crippen molar-refractivity contribution in [2.75, 3.05) is 13.2 Å². The molecule has 14 heavy (non-hydrogen) atoms. The number of aliphatic hydroxyl groups is 1. The molecule has 1 rings (SSSR count). The highest BCUT2D eigenvalue weighted by Crippen LogP contribution is 2.23. The molecule has 1 N–H and O–H groups in total. The van der Waals surface area contributed by atoms with Gasteiger partial charge in [0, 0.05) is 12.5 Å². The molecule has 0 fully saturated rings. The SMILES string of the molecule is CCOc1ccc(F)c(C(C)CO)c1. The minimum absolute atomic E-state index is 0.0630. The van der Waals surface area contributed by atoms with Crippen LogP contribution in [-0.2, 0) is 0 Å². The Bertz CT molecular complexity index is 299. The van der Waals surface area contributed by atoms with Crippen molar-refractivity contribution in [2.24, 2.45) is 0 Å². The number of rotatable bonds is 4. The van der Waals surface area contributed by atoms with Crippen molar-refractivity contribution in [1.82, 2.24) is 0 Å². The van der Waals surface area contributed by atoms with Crippen LogP contribution in [0.4, 0.5) is 4.39 Å². The van der Waals surface area contributed by atoms with Gasteiger partial charge in [0.05, 0.1) is 6.61 Å². The standard InChI is InChI=1S/C11H15FO2/c1-3-14-9-4-5-11(12)10(6-9)8(2)7-13/h4-6,8,13H,3,7H2,1-2H3. The molecule has 2 nitrogen and oxygen atoms in total. The first-order chi connectivity index (χ1) is 6.69. The van der Waals surface area contributed by atoms with Gasteiger partial charge in [-0.1, -0.05) is 6.92 Å². The number of hydrogen-bond acceptors (Lipinski definition) is 2. The third-order valence-electron chi connectivity index (χ3n) is 2.08. The number of benzene rings is 1. The Kier molecular flexibility index (Phi) is 3.89. The quantitative estimate of drug-likeness (QED) is 0.804. The lowest BCUT2D eigenvalue weighted by molar-refractivity contribution is 0.269. The summed E-state index contributed by atoms with van der Waals surface area (Å²) in [6, 6.07) is 4.60. The van der Waals surface area contributed by atoms with Crippen molar-refractivity contribution < 1.29 is 14.2 Å². The zero-order valence-electron chi connectivity index (χ0n) is 8.46. The predicted octanol–water partition coefficient (Wildman–Crippen LogP) is 2.32. The highest BCUT2D eigenvalue weighted by Gasteiger charge is 2.10. The van der Waals surface area contributed by atoms with Crippen molar-refractivity contribution in [3.8, 4) is 5.75 Å². The van der Waals surface area contributed by atoms with Crippen LogP contribution in [0, 0.1) is 5.82 Å². The van der Waals surface area contributed by atoms with Crippen LogP contribution in [0.2, 0.25) is 0 Å². The Morgan fingerprint density at radius 3 is 2.79 bits per heavy atom. The summed E-state index contributed by atoms with van der Waals surface area (Å²) in [6.07, 6.45) is 0. The molecule has 0 saturated carbocycles. The molecule has 0 heterocycles. The molecule has 0 aliphatic heterocycles. The largest absolute Gasteiger partial charge is 0.494 e. The van der Waals surface area contributed by atoms with E-state index >= 15 is 0 Å². The number of halogens is 1. The molecule has 1 atom stereocenters. The van der Waals surface area contributed by atoms with E-state index in [1.165, 1.54) is 6.07 Å². The van der Waals surface area contributed by atoms with Crippen LogP contribution in [0.5, 0.6) is 5.75 Å². The Morgan fingerprint density at radius 1 is 1.50 bits per heavy atom. The minimum Gasteiger partial charge on any atom is -0.494 e. The van der Waals surface area contributed by atoms with Gasteiger partial charge in [0.25, 0.3) is 0 Å². The van der Waals surface area contributed by atoms with Crippen LogP contribution in [0.1, 0.15) is 25.3 Å². The summed E-state index contributed by atoms with van der Waals surface area (Å²) in [5, 5.41) is 8.93. The molecule has 1 unspecified atom stereocenters. The van der Waals surface area contributed by atoms with Gasteiger partial charge in [-0.15, -0.1) is 0 Å². The molecule has 1 aromatic rings. The normalized spacial score (nSPS) is 12.6. The molecule has 0 saturated heterocycles. The minimum atomic E-state index is -0.296. The highest BCUT2D eigenvalue weighted by atomic mass is 19.1. The molecule has 0 amide bonds. The van der Waals surface area contributed by atoms with Crippen LogP contribution >= 0.6 is 0 Å². The summed E-state index contributed by atoms with van der Waals surface area (Å²) >= 11 is 0. The first kappa shape index (κ1) is 11.0. The third kappa shape index (κ3) is 2.45. The average molecular weight is 198 g/mol. The van der Waals surface area contributed by atoms with Gasteiger partial charge >= 0.3 is 0 Å². The molecule has 0 aromatic heterocycles. The van der Waals surface area contributed by atoms with Gasteiger partial charge in [-0.25, -0.2) is 4.39 Å². The van der Waals surface area contributed by atoms with Gasteiger partial charge in [-0.3, -0.25) is 0 Å². The second-order valence-electron chi connectivity index (χ2n) is 3.20. The molecular formula is C11H15FO2. The summed E-state index contributed by atoms with van der Waals surface area (Å²) in [5.41, 5.74) is 0.499. The zero-order chi connectivity index (χ0) is 10.6. The maximum Gasteiger partial charge on any atom is 0.127 e. The first-order valence-corrected chi connectivity index (χ1v) is 4.72. The Hall–Kier alpha value is -1.09. The molecule has 0 aliphatic rings. The van der Waals surface area contributed by atoms with Crippen LogP contribution < -0.4 is 4.74 Å². The van der Waals surface area contributed by atoms with Crippen LogP contribution in [-0.4, -0.2) is 18.3 Å². The Morgan fingerprint density at radius 2 is 2.21 bits per heavy atom. The zero-order valence-corrected chi connectivity index (χ0v) is 8.46. The lowest BCUT2D eigenvalue weighted by Gasteiger charge is -2.11. The third-order valence-corrected chi connectivity index (χ3v) is 2.08. The van der Waals surface area contributed by atoms with Crippen molar-refractivity contribution >= 4 is 0 Å². The van der Waals surface area contributed by atoms with E-state index in [-0.39, 0.29) is 18.3 Å². The van der Waals surface area contributed by atoms with E-state index < -0.39 is 0 Å². The summed E-state index contributed by atoms with van der Waals surface area (Å²) in [4.78, 5) is 0. The molecule has 0 bridgehead atoms. The number of aliphatic hydroxyl groups excluding tert-OH is 1. The molecule has 78 valence electrons. The van der Waals surface area contributed by atoms with Crippen molar-refractivity contribution in [1.29, 1.82) is 0 Å². The van der Waals surface area contributed by atoms with Crippen molar-refractivity contribution in [3.05, 3.63) is 29.6 Å². The van der Waals surface area contributed by atoms with E-state index in [1.807, 2.05) is 6.92 Å². The fourth-order valence-corrected chi connectivity index (χ4v) is 1.25. The lowest BCUT2D eigenvalue weighted by atomic mass is 10.0. The molecule has 0 aliphatic carbocycles. The fraction of sp³-hybridized carbons (Fsp3) is 0.455. The second kappa shape index (κ2) is 4.96. The lowest BCUT2D eigenvalue weighted by Crippen LogP contribution is -2.03. The van der Waals surface area contributed by atoms with Crippen molar-refractivity contribution in [2.45, 2.75) is 19.8 Å². The molecule has 3 heteroatoms. The second-order valence-corrected chi connectivity index (χ2v) is 3.20. The van der Waals surface area contributed by atoms with Gasteiger partial charge in [0.2, 0.25) is 0 Å². The summed E-state index contributed by atoms with van der Waals surface area (Å²) < 4.78 is 18.5.